The van der Waals surface area contributed by atoms with Crippen molar-refractivity contribution >= 4 is 27.6 Å². The van der Waals surface area contributed by atoms with Crippen LogP contribution in [0.2, 0.25) is 0 Å². The molecule has 0 aliphatic rings. The second kappa shape index (κ2) is 5.05. The van der Waals surface area contributed by atoms with E-state index >= 15 is 0 Å². The van der Waals surface area contributed by atoms with Gasteiger partial charge in [0.15, 0.2) is 0 Å². The van der Waals surface area contributed by atoms with Gasteiger partial charge in [-0.2, -0.15) is 0 Å². The Morgan fingerprint density at radius 2 is 1.74 bits per heavy atom. The number of benzene rings is 2. The van der Waals surface area contributed by atoms with Gasteiger partial charge in [0.1, 0.15) is 5.41 Å². The molecule has 1 atom stereocenters. The second-order valence-electron chi connectivity index (χ2n) is 4.53. The van der Waals surface area contributed by atoms with Crippen molar-refractivity contribution in [3.05, 3.63) is 64.1 Å². The average Bonchev–Trinajstić information content (AvgIpc) is 2.39. The van der Waals surface area contributed by atoms with Crippen molar-refractivity contribution in [2.75, 3.05) is 5.73 Å². The first-order valence-electron chi connectivity index (χ1n) is 5.80. The molecule has 0 fully saturated rings. The zero-order valence-electron chi connectivity index (χ0n) is 10.4. The quantitative estimate of drug-likeness (QED) is 0.852. The number of aliphatic carboxylic acids is 1. The van der Waals surface area contributed by atoms with Gasteiger partial charge in [0.2, 0.25) is 0 Å². The average molecular weight is 320 g/mol. The molecule has 0 heterocycles. The smallest absolute Gasteiger partial charge is 0.318 e. The van der Waals surface area contributed by atoms with Crippen LogP contribution in [0, 0.1) is 0 Å². The lowest BCUT2D eigenvalue weighted by Gasteiger charge is -2.27. The predicted octanol–water partition coefficient (Wildman–Crippen LogP) is 3.42. The van der Waals surface area contributed by atoms with Crippen LogP contribution >= 0.6 is 15.9 Å². The minimum absolute atomic E-state index is 0.614. The maximum absolute atomic E-state index is 11.8. The predicted molar refractivity (Wildman–Crippen MR) is 79.1 cm³/mol. The van der Waals surface area contributed by atoms with Crippen molar-refractivity contribution < 1.29 is 9.90 Å². The van der Waals surface area contributed by atoms with E-state index in [4.69, 9.17) is 5.73 Å². The molecule has 0 saturated carbocycles. The third-order valence-electron chi connectivity index (χ3n) is 3.33. The number of carboxylic acid groups (broad SMARTS) is 1. The van der Waals surface area contributed by atoms with Crippen molar-refractivity contribution in [1.29, 1.82) is 0 Å². The van der Waals surface area contributed by atoms with Crippen LogP contribution in [0.3, 0.4) is 0 Å². The molecular formula is C15H14BrNO2. The summed E-state index contributed by atoms with van der Waals surface area (Å²) in [7, 11) is 0. The van der Waals surface area contributed by atoms with E-state index in [0.29, 0.717) is 16.8 Å². The van der Waals surface area contributed by atoms with Gasteiger partial charge in [-0.3, -0.25) is 4.79 Å². The number of hydrogen-bond donors (Lipinski definition) is 2. The Hall–Kier alpha value is -1.81. The van der Waals surface area contributed by atoms with Crippen molar-refractivity contribution in [1.82, 2.24) is 0 Å². The van der Waals surface area contributed by atoms with Gasteiger partial charge in [0.05, 0.1) is 0 Å². The number of hydrogen-bond acceptors (Lipinski definition) is 2. The summed E-state index contributed by atoms with van der Waals surface area (Å²) in [5.41, 5.74) is 6.57. The Labute approximate surface area is 120 Å². The van der Waals surface area contributed by atoms with E-state index in [1.165, 1.54) is 0 Å². The third-order valence-corrected chi connectivity index (χ3v) is 4.02. The van der Waals surface area contributed by atoms with Gasteiger partial charge >= 0.3 is 5.97 Å². The van der Waals surface area contributed by atoms with Crippen molar-refractivity contribution in [3.63, 3.8) is 0 Å². The molecule has 2 aromatic carbocycles. The van der Waals surface area contributed by atoms with E-state index in [2.05, 4.69) is 15.9 Å². The summed E-state index contributed by atoms with van der Waals surface area (Å²) >= 11 is 3.42. The highest BCUT2D eigenvalue weighted by atomic mass is 79.9. The summed E-state index contributed by atoms with van der Waals surface area (Å²) in [5.74, 6) is -0.899. The molecule has 1 unspecified atom stereocenters. The van der Waals surface area contributed by atoms with Crippen LogP contribution in [-0.4, -0.2) is 11.1 Å². The molecule has 0 radical (unpaired) electrons. The van der Waals surface area contributed by atoms with E-state index in [9.17, 15) is 9.90 Å². The minimum Gasteiger partial charge on any atom is -0.480 e. The standard InChI is InChI=1S/C15H14BrNO2/c1-15(14(18)19,10-6-8-11(17)9-7-10)12-4-2-3-5-13(12)16/h2-9H,17H2,1H3,(H,18,19). The molecule has 0 spiro atoms. The Morgan fingerprint density at radius 3 is 2.26 bits per heavy atom. The third kappa shape index (κ3) is 2.36. The monoisotopic (exact) mass is 319 g/mol. The Balaban J connectivity index is 2.65. The molecule has 3 N–H and O–H groups in total. The number of anilines is 1. The highest BCUT2D eigenvalue weighted by Gasteiger charge is 2.38. The van der Waals surface area contributed by atoms with Gasteiger partial charge in [0, 0.05) is 10.2 Å². The number of nitrogens with two attached hydrogens (primary N) is 1. The summed E-state index contributed by atoms with van der Waals surface area (Å²) in [6.45, 7) is 1.70. The van der Waals surface area contributed by atoms with E-state index in [1.54, 1.807) is 31.2 Å². The fraction of sp³-hybridized carbons (Fsp3) is 0.133. The molecule has 98 valence electrons. The van der Waals surface area contributed by atoms with Crippen LogP contribution in [-0.2, 0) is 10.2 Å². The molecule has 4 heteroatoms. The van der Waals surface area contributed by atoms with E-state index in [-0.39, 0.29) is 0 Å². The molecule has 0 amide bonds. The zero-order valence-corrected chi connectivity index (χ0v) is 12.0. The molecule has 2 rings (SSSR count). The van der Waals surface area contributed by atoms with E-state index < -0.39 is 11.4 Å². The fourth-order valence-electron chi connectivity index (χ4n) is 2.08. The number of nitrogen functional groups attached to an aromatic ring is 1. The van der Waals surface area contributed by atoms with Crippen LogP contribution in [0.25, 0.3) is 0 Å². The summed E-state index contributed by atoms with van der Waals surface area (Å²) in [6, 6.07) is 14.3. The van der Waals surface area contributed by atoms with Crippen LogP contribution in [0.15, 0.2) is 53.0 Å². The maximum atomic E-state index is 11.8. The molecule has 0 aliphatic heterocycles. The van der Waals surface area contributed by atoms with Gasteiger partial charge in [-0.15, -0.1) is 0 Å². The number of carboxylic acids is 1. The summed E-state index contributed by atoms with van der Waals surface area (Å²) in [6.07, 6.45) is 0. The van der Waals surface area contributed by atoms with Crippen LogP contribution in [0.4, 0.5) is 5.69 Å². The Kier molecular flexibility index (Phi) is 3.62. The maximum Gasteiger partial charge on any atom is 0.318 e. The topological polar surface area (TPSA) is 63.3 Å². The van der Waals surface area contributed by atoms with Crippen LogP contribution < -0.4 is 5.73 Å². The number of rotatable bonds is 3. The molecule has 0 saturated heterocycles. The minimum atomic E-state index is -1.12. The lowest BCUT2D eigenvalue weighted by atomic mass is 9.76. The first-order valence-corrected chi connectivity index (χ1v) is 6.60. The van der Waals surface area contributed by atoms with Crippen LogP contribution in [0.5, 0.6) is 0 Å². The Morgan fingerprint density at radius 1 is 1.16 bits per heavy atom. The first-order chi connectivity index (χ1) is 8.96. The summed E-state index contributed by atoms with van der Waals surface area (Å²) in [4.78, 5) is 11.8. The largest absolute Gasteiger partial charge is 0.480 e. The molecule has 3 nitrogen and oxygen atoms in total. The zero-order chi connectivity index (χ0) is 14.0. The molecule has 2 aromatic rings. The highest BCUT2D eigenvalue weighted by Crippen LogP contribution is 2.36. The number of carbonyl (C=O) groups is 1. The molecule has 0 bridgehead atoms. The van der Waals surface area contributed by atoms with Gasteiger partial charge < -0.3 is 10.8 Å². The molecule has 0 aliphatic carbocycles. The van der Waals surface area contributed by atoms with Crippen molar-refractivity contribution in [2.45, 2.75) is 12.3 Å². The molecule has 0 aromatic heterocycles. The van der Waals surface area contributed by atoms with Crippen molar-refractivity contribution in [3.8, 4) is 0 Å². The van der Waals surface area contributed by atoms with Crippen LogP contribution in [0.1, 0.15) is 18.1 Å². The van der Waals surface area contributed by atoms with Gasteiger partial charge in [-0.05, 0) is 36.2 Å². The van der Waals surface area contributed by atoms with Gasteiger partial charge in [0.25, 0.3) is 0 Å². The van der Waals surface area contributed by atoms with E-state index in [0.717, 1.165) is 4.47 Å². The van der Waals surface area contributed by atoms with E-state index in [1.807, 2.05) is 24.3 Å². The second-order valence-corrected chi connectivity index (χ2v) is 5.39. The lowest BCUT2D eigenvalue weighted by molar-refractivity contribution is -0.141. The highest BCUT2D eigenvalue weighted by molar-refractivity contribution is 9.10. The first kappa shape index (κ1) is 13.6. The van der Waals surface area contributed by atoms with Gasteiger partial charge in [-0.25, -0.2) is 0 Å². The van der Waals surface area contributed by atoms with Gasteiger partial charge in [-0.1, -0.05) is 46.3 Å². The molecule has 19 heavy (non-hydrogen) atoms. The summed E-state index contributed by atoms with van der Waals surface area (Å²) in [5, 5.41) is 9.68. The lowest BCUT2D eigenvalue weighted by Crippen LogP contribution is -2.34. The SMILES string of the molecule is CC(C(=O)O)(c1ccc(N)cc1)c1ccccc1Br. The molecular weight excluding hydrogens is 306 g/mol. The Bertz CT molecular complexity index is 610. The van der Waals surface area contributed by atoms with Crippen molar-refractivity contribution in [2.24, 2.45) is 0 Å². The normalized spacial score (nSPS) is 13.8. The fourth-order valence-corrected chi connectivity index (χ4v) is 2.76. The summed E-state index contributed by atoms with van der Waals surface area (Å²) < 4.78 is 0.775. The number of halogens is 1.